The molecule has 0 radical (unpaired) electrons. The van der Waals surface area contributed by atoms with E-state index in [0.717, 1.165) is 18.5 Å². The molecule has 0 aliphatic heterocycles. The lowest BCUT2D eigenvalue weighted by molar-refractivity contribution is 0.762. The standard InChI is InChI=1S/C17H16N2/c1-12-5-6-14-7-8-17(16(14)9-12)19-15-4-2-3-13(10-15)11-18/h2-6,9-10,17,19H,7-8H2,1H3. The van der Waals surface area contributed by atoms with E-state index in [4.69, 9.17) is 5.26 Å². The number of fused-ring (bicyclic) bond motifs is 1. The molecule has 0 heterocycles. The van der Waals surface area contributed by atoms with Gasteiger partial charge in [0, 0.05) is 5.69 Å². The maximum absolute atomic E-state index is 8.94. The molecule has 0 fully saturated rings. The molecule has 1 unspecified atom stereocenters. The van der Waals surface area contributed by atoms with Gasteiger partial charge in [-0.15, -0.1) is 0 Å². The Morgan fingerprint density at radius 2 is 2.11 bits per heavy atom. The second kappa shape index (κ2) is 4.78. The molecule has 0 saturated carbocycles. The van der Waals surface area contributed by atoms with Crippen LogP contribution in [0.25, 0.3) is 0 Å². The fourth-order valence-corrected chi connectivity index (χ4v) is 2.75. The maximum Gasteiger partial charge on any atom is 0.0992 e. The summed E-state index contributed by atoms with van der Waals surface area (Å²) in [5, 5.41) is 12.5. The number of hydrogen-bond acceptors (Lipinski definition) is 2. The van der Waals surface area contributed by atoms with E-state index >= 15 is 0 Å². The molecule has 1 atom stereocenters. The van der Waals surface area contributed by atoms with Crippen molar-refractivity contribution in [2.75, 3.05) is 5.32 Å². The van der Waals surface area contributed by atoms with E-state index in [1.165, 1.54) is 16.7 Å². The summed E-state index contributed by atoms with van der Waals surface area (Å²) in [6.07, 6.45) is 2.25. The zero-order valence-electron chi connectivity index (χ0n) is 11.0. The molecule has 0 saturated heterocycles. The number of aryl methyl sites for hydroxylation is 2. The number of nitriles is 1. The molecule has 2 aromatic rings. The van der Waals surface area contributed by atoms with E-state index in [2.05, 4.69) is 36.5 Å². The Morgan fingerprint density at radius 1 is 1.21 bits per heavy atom. The van der Waals surface area contributed by atoms with E-state index < -0.39 is 0 Å². The van der Waals surface area contributed by atoms with Crippen molar-refractivity contribution in [3.05, 3.63) is 64.7 Å². The van der Waals surface area contributed by atoms with Crippen LogP contribution in [0.3, 0.4) is 0 Å². The third-order valence-corrected chi connectivity index (χ3v) is 3.71. The Kier molecular flexibility index (Phi) is 2.97. The fraction of sp³-hybridized carbons (Fsp3) is 0.235. The number of anilines is 1. The molecule has 19 heavy (non-hydrogen) atoms. The van der Waals surface area contributed by atoms with Gasteiger partial charge >= 0.3 is 0 Å². The molecule has 94 valence electrons. The Labute approximate surface area is 113 Å². The monoisotopic (exact) mass is 248 g/mol. The summed E-state index contributed by atoms with van der Waals surface area (Å²) in [6, 6.07) is 16.9. The van der Waals surface area contributed by atoms with Gasteiger partial charge in [0.05, 0.1) is 17.7 Å². The second-order valence-electron chi connectivity index (χ2n) is 5.13. The van der Waals surface area contributed by atoms with Crippen LogP contribution in [0, 0.1) is 18.3 Å². The van der Waals surface area contributed by atoms with E-state index in [0.29, 0.717) is 11.6 Å². The van der Waals surface area contributed by atoms with E-state index in [9.17, 15) is 0 Å². The van der Waals surface area contributed by atoms with Crippen molar-refractivity contribution in [3.8, 4) is 6.07 Å². The minimum atomic E-state index is 0.365. The van der Waals surface area contributed by atoms with Gasteiger partial charge in [-0.05, 0) is 49.1 Å². The molecule has 0 aromatic heterocycles. The summed E-state index contributed by atoms with van der Waals surface area (Å²) < 4.78 is 0. The lowest BCUT2D eigenvalue weighted by Crippen LogP contribution is -2.07. The third-order valence-electron chi connectivity index (χ3n) is 3.71. The average molecular weight is 248 g/mol. The van der Waals surface area contributed by atoms with Crippen LogP contribution in [0.5, 0.6) is 0 Å². The number of hydrogen-bond donors (Lipinski definition) is 1. The molecule has 3 rings (SSSR count). The van der Waals surface area contributed by atoms with Gasteiger partial charge in [-0.25, -0.2) is 0 Å². The first kappa shape index (κ1) is 11.8. The van der Waals surface area contributed by atoms with Gasteiger partial charge in [0.15, 0.2) is 0 Å². The number of nitrogens with one attached hydrogen (secondary N) is 1. The molecule has 0 bridgehead atoms. The van der Waals surface area contributed by atoms with Crippen LogP contribution in [0.4, 0.5) is 5.69 Å². The predicted molar refractivity (Wildman–Crippen MR) is 77.0 cm³/mol. The summed E-state index contributed by atoms with van der Waals surface area (Å²) in [5.74, 6) is 0. The lowest BCUT2D eigenvalue weighted by Gasteiger charge is -2.16. The molecular weight excluding hydrogens is 232 g/mol. The van der Waals surface area contributed by atoms with E-state index in [1.54, 1.807) is 0 Å². The number of benzene rings is 2. The Morgan fingerprint density at radius 3 is 2.95 bits per heavy atom. The minimum absolute atomic E-state index is 0.365. The zero-order chi connectivity index (χ0) is 13.2. The van der Waals surface area contributed by atoms with Gasteiger partial charge in [0.25, 0.3) is 0 Å². The van der Waals surface area contributed by atoms with Crippen molar-refractivity contribution in [2.45, 2.75) is 25.8 Å². The SMILES string of the molecule is Cc1ccc2c(c1)C(Nc1cccc(C#N)c1)CC2. The van der Waals surface area contributed by atoms with Crippen LogP contribution in [-0.4, -0.2) is 0 Å². The molecule has 2 nitrogen and oxygen atoms in total. The Balaban J connectivity index is 1.86. The molecule has 1 N–H and O–H groups in total. The van der Waals surface area contributed by atoms with Crippen LogP contribution >= 0.6 is 0 Å². The van der Waals surface area contributed by atoms with Crippen LogP contribution in [0.15, 0.2) is 42.5 Å². The molecule has 0 amide bonds. The zero-order valence-corrected chi connectivity index (χ0v) is 11.0. The van der Waals surface area contributed by atoms with Crippen LogP contribution in [0.2, 0.25) is 0 Å². The number of rotatable bonds is 2. The summed E-state index contributed by atoms with van der Waals surface area (Å²) >= 11 is 0. The largest absolute Gasteiger partial charge is 0.378 e. The third kappa shape index (κ3) is 2.32. The van der Waals surface area contributed by atoms with Crippen molar-refractivity contribution in [3.63, 3.8) is 0 Å². The Hall–Kier alpha value is -2.27. The van der Waals surface area contributed by atoms with Crippen molar-refractivity contribution in [1.29, 1.82) is 5.26 Å². The molecule has 1 aliphatic carbocycles. The average Bonchev–Trinajstić information content (AvgIpc) is 2.81. The van der Waals surface area contributed by atoms with Gasteiger partial charge in [0.2, 0.25) is 0 Å². The summed E-state index contributed by atoms with van der Waals surface area (Å²) in [7, 11) is 0. The highest BCUT2D eigenvalue weighted by Gasteiger charge is 2.22. The van der Waals surface area contributed by atoms with E-state index in [1.807, 2.05) is 24.3 Å². The van der Waals surface area contributed by atoms with Gasteiger partial charge in [0.1, 0.15) is 0 Å². The second-order valence-corrected chi connectivity index (χ2v) is 5.13. The van der Waals surface area contributed by atoms with Crippen molar-refractivity contribution in [2.24, 2.45) is 0 Å². The first-order valence-corrected chi connectivity index (χ1v) is 6.62. The normalized spacial score (nSPS) is 16.7. The topological polar surface area (TPSA) is 35.8 Å². The van der Waals surface area contributed by atoms with Crippen LogP contribution in [0.1, 0.15) is 34.7 Å². The van der Waals surface area contributed by atoms with Gasteiger partial charge < -0.3 is 5.32 Å². The highest BCUT2D eigenvalue weighted by Crippen LogP contribution is 2.34. The smallest absolute Gasteiger partial charge is 0.0992 e. The predicted octanol–water partition coefficient (Wildman–Crippen LogP) is 3.97. The quantitative estimate of drug-likeness (QED) is 0.873. The van der Waals surface area contributed by atoms with Gasteiger partial charge in [-0.1, -0.05) is 29.8 Å². The summed E-state index contributed by atoms with van der Waals surface area (Å²) in [5.41, 5.74) is 5.88. The first-order chi connectivity index (χ1) is 9.26. The molecule has 0 spiro atoms. The van der Waals surface area contributed by atoms with Crippen molar-refractivity contribution < 1.29 is 0 Å². The van der Waals surface area contributed by atoms with Crippen LogP contribution in [-0.2, 0) is 6.42 Å². The molecule has 2 heteroatoms. The molecule has 1 aliphatic rings. The first-order valence-electron chi connectivity index (χ1n) is 6.62. The number of nitrogens with zero attached hydrogens (tertiary/aromatic N) is 1. The van der Waals surface area contributed by atoms with Crippen LogP contribution < -0.4 is 5.32 Å². The summed E-state index contributed by atoms with van der Waals surface area (Å²) in [4.78, 5) is 0. The molecular formula is C17H16N2. The molecule has 2 aromatic carbocycles. The highest BCUT2D eigenvalue weighted by atomic mass is 14.9. The van der Waals surface area contributed by atoms with Gasteiger partial charge in [-0.2, -0.15) is 5.26 Å². The lowest BCUT2D eigenvalue weighted by atomic mass is 10.0. The minimum Gasteiger partial charge on any atom is -0.378 e. The summed E-state index contributed by atoms with van der Waals surface area (Å²) in [6.45, 7) is 2.13. The van der Waals surface area contributed by atoms with Crippen molar-refractivity contribution >= 4 is 5.69 Å². The Bertz CT molecular complexity index is 653. The highest BCUT2D eigenvalue weighted by molar-refractivity contribution is 5.52. The fourth-order valence-electron chi connectivity index (χ4n) is 2.75. The van der Waals surface area contributed by atoms with Gasteiger partial charge in [-0.3, -0.25) is 0 Å². The van der Waals surface area contributed by atoms with Crippen molar-refractivity contribution in [1.82, 2.24) is 0 Å². The maximum atomic E-state index is 8.94. The van der Waals surface area contributed by atoms with E-state index in [-0.39, 0.29) is 0 Å².